The summed E-state index contributed by atoms with van der Waals surface area (Å²) in [5, 5.41) is 4.70. The van der Waals surface area contributed by atoms with Gasteiger partial charge in [0.05, 0.1) is 0 Å². The van der Waals surface area contributed by atoms with Gasteiger partial charge in [0.2, 0.25) is 5.91 Å². The maximum Gasteiger partial charge on any atom is 0.274 e. The molecular formula is C10H14N4O2S. The molecule has 1 aliphatic heterocycles. The number of nitrogens with two attached hydrogens (primary N) is 1. The summed E-state index contributed by atoms with van der Waals surface area (Å²) in [5.41, 5.74) is 4.95. The van der Waals surface area contributed by atoms with Crippen molar-refractivity contribution in [3.8, 4) is 0 Å². The molecule has 2 heterocycles. The lowest BCUT2D eigenvalue weighted by Gasteiger charge is -2.40. The molecule has 2 rings (SSSR count). The van der Waals surface area contributed by atoms with Gasteiger partial charge in [0.1, 0.15) is 11.2 Å². The van der Waals surface area contributed by atoms with Crippen molar-refractivity contribution in [3.63, 3.8) is 0 Å². The van der Waals surface area contributed by atoms with Gasteiger partial charge in [0, 0.05) is 18.5 Å². The Kier molecular flexibility index (Phi) is 2.78. The van der Waals surface area contributed by atoms with E-state index in [0.717, 1.165) is 0 Å². The predicted octanol–water partition coefficient (Wildman–Crippen LogP) is 0.0759. The van der Waals surface area contributed by atoms with Gasteiger partial charge in [-0.15, -0.1) is 11.3 Å². The van der Waals surface area contributed by atoms with Crippen molar-refractivity contribution >= 4 is 28.3 Å². The van der Waals surface area contributed by atoms with E-state index in [1.54, 1.807) is 19.2 Å². The molecule has 1 aliphatic rings. The number of rotatable bonds is 1. The molecule has 1 fully saturated rings. The first-order valence-corrected chi connectivity index (χ1v) is 6.12. The molecule has 0 radical (unpaired) electrons. The highest BCUT2D eigenvalue weighted by molar-refractivity contribution is 7.13. The third kappa shape index (κ3) is 1.97. The molecule has 1 saturated heterocycles. The van der Waals surface area contributed by atoms with Crippen molar-refractivity contribution in [1.29, 1.82) is 0 Å². The number of amides is 2. The molecule has 6 nitrogen and oxygen atoms in total. The second kappa shape index (κ2) is 3.99. The van der Waals surface area contributed by atoms with Crippen molar-refractivity contribution in [2.75, 3.05) is 18.8 Å². The van der Waals surface area contributed by atoms with Gasteiger partial charge in [-0.1, -0.05) is 0 Å². The van der Waals surface area contributed by atoms with Crippen LogP contribution in [0.4, 0.5) is 5.13 Å². The monoisotopic (exact) mass is 254 g/mol. The number of hydrogen-bond acceptors (Lipinski definition) is 5. The molecule has 1 aromatic rings. The third-order valence-corrected chi connectivity index (χ3v) is 3.51. The highest BCUT2D eigenvalue weighted by atomic mass is 32.1. The average Bonchev–Trinajstić information content (AvgIpc) is 2.68. The van der Waals surface area contributed by atoms with Gasteiger partial charge in [-0.2, -0.15) is 0 Å². The second-order valence-electron chi connectivity index (χ2n) is 4.34. The molecule has 0 saturated carbocycles. The van der Waals surface area contributed by atoms with Crippen LogP contribution in [0.2, 0.25) is 0 Å². The number of carbonyl (C=O) groups excluding carboxylic acids is 2. The van der Waals surface area contributed by atoms with Gasteiger partial charge in [0.15, 0.2) is 5.13 Å². The van der Waals surface area contributed by atoms with Gasteiger partial charge < -0.3 is 16.0 Å². The van der Waals surface area contributed by atoms with Crippen LogP contribution in [0.3, 0.4) is 0 Å². The number of thiazole rings is 1. The summed E-state index contributed by atoms with van der Waals surface area (Å²) in [5.74, 6) is -0.405. The summed E-state index contributed by atoms with van der Waals surface area (Å²) in [7, 11) is 0. The highest BCUT2D eigenvalue weighted by Crippen LogP contribution is 2.21. The quantitative estimate of drug-likeness (QED) is 0.742. The van der Waals surface area contributed by atoms with Crippen molar-refractivity contribution in [2.45, 2.75) is 19.4 Å². The molecule has 0 unspecified atom stereocenters. The smallest absolute Gasteiger partial charge is 0.274 e. The highest BCUT2D eigenvalue weighted by Gasteiger charge is 2.41. The molecule has 1 aromatic heterocycles. The van der Waals surface area contributed by atoms with Crippen molar-refractivity contribution in [2.24, 2.45) is 0 Å². The number of nitrogens with one attached hydrogen (secondary N) is 1. The van der Waals surface area contributed by atoms with E-state index < -0.39 is 5.54 Å². The number of piperazine rings is 1. The maximum atomic E-state index is 12.2. The fourth-order valence-corrected chi connectivity index (χ4v) is 2.32. The van der Waals surface area contributed by atoms with Crippen LogP contribution < -0.4 is 11.1 Å². The summed E-state index contributed by atoms with van der Waals surface area (Å²) >= 11 is 1.22. The Bertz CT molecular complexity index is 469. The third-order valence-electron chi connectivity index (χ3n) is 2.84. The number of aromatic nitrogens is 1. The topological polar surface area (TPSA) is 88.3 Å². The van der Waals surface area contributed by atoms with Crippen LogP contribution in [0, 0.1) is 0 Å². The maximum absolute atomic E-state index is 12.2. The minimum absolute atomic E-state index is 0.152. The average molecular weight is 254 g/mol. The molecule has 92 valence electrons. The Balaban J connectivity index is 2.27. The van der Waals surface area contributed by atoms with Gasteiger partial charge in [-0.25, -0.2) is 4.98 Å². The summed E-state index contributed by atoms with van der Waals surface area (Å²) in [6.45, 7) is 4.38. The second-order valence-corrected chi connectivity index (χ2v) is 5.23. The largest absolute Gasteiger partial charge is 0.375 e. The van der Waals surface area contributed by atoms with Crippen LogP contribution >= 0.6 is 11.3 Å². The van der Waals surface area contributed by atoms with E-state index in [1.807, 2.05) is 0 Å². The van der Waals surface area contributed by atoms with Crippen LogP contribution in [-0.4, -0.2) is 40.3 Å². The first kappa shape index (κ1) is 11.8. The zero-order valence-corrected chi connectivity index (χ0v) is 10.5. The fourth-order valence-electron chi connectivity index (χ4n) is 1.78. The molecule has 0 atom stereocenters. The molecular weight excluding hydrogens is 240 g/mol. The number of nitrogen functional groups attached to an aromatic ring is 1. The van der Waals surface area contributed by atoms with Crippen LogP contribution in [0.5, 0.6) is 0 Å². The Hall–Kier alpha value is -1.63. The lowest BCUT2D eigenvalue weighted by molar-refractivity contribution is -0.133. The summed E-state index contributed by atoms with van der Waals surface area (Å²) < 4.78 is 0. The fraction of sp³-hybridized carbons (Fsp3) is 0.500. The van der Waals surface area contributed by atoms with Gasteiger partial charge in [-0.05, 0) is 13.8 Å². The lowest BCUT2D eigenvalue weighted by Crippen LogP contribution is -2.63. The summed E-state index contributed by atoms with van der Waals surface area (Å²) in [6, 6.07) is 0. The first-order valence-electron chi connectivity index (χ1n) is 5.24. The van der Waals surface area contributed by atoms with Gasteiger partial charge in [-0.3, -0.25) is 9.59 Å². The Morgan fingerprint density at radius 3 is 2.94 bits per heavy atom. The van der Waals surface area contributed by atoms with Crippen molar-refractivity contribution in [1.82, 2.24) is 15.2 Å². The molecule has 0 aromatic carbocycles. The molecule has 17 heavy (non-hydrogen) atoms. The number of anilines is 1. The number of carbonyl (C=O) groups is 2. The van der Waals surface area contributed by atoms with Gasteiger partial charge in [0.25, 0.3) is 5.91 Å². The number of nitrogens with zero attached hydrogens (tertiary/aromatic N) is 2. The zero-order chi connectivity index (χ0) is 12.6. The molecule has 0 aliphatic carbocycles. The van der Waals surface area contributed by atoms with Crippen LogP contribution in [-0.2, 0) is 4.79 Å². The zero-order valence-electron chi connectivity index (χ0n) is 9.69. The SMILES string of the molecule is CC1(C)C(=O)NCCN1C(=O)c1csc(N)n1. The molecule has 3 N–H and O–H groups in total. The summed E-state index contributed by atoms with van der Waals surface area (Å²) in [6.07, 6.45) is 0. The van der Waals surface area contributed by atoms with E-state index in [4.69, 9.17) is 5.73 Å². The molecule has 0 spiro atoms. The van der Waals surface area contributed by atoms with Crippen LogP contribution in [0.15, 0.2) is 5.38 Å². The number of hydrogen-bond donors (Lipinski definition) is 2. The first-order chi connectivity index (χ1) is 7.93. The predicted molar refractivity (Wildman–Crippen MR) is 64.7 cm³/mol. The van der Waals surface area contributed by atoms with E-state index in [1.165, 1.54) is 16.2 Å². The molecule has 7 heteroatoms. The van der Waals surface area contributed by atoms with Crippen molar-refractivity contribution in [3.05, 3.63) is 11.1 Å². The van der Waals surface area contributed by atoms with Gasteiger partial charge >= 0.3 is 0 Å². The Labute approximate surface area is 103 Å². The van der Waals surface area contributed by atoms with E-state index in [0.29, 0.717) is 23.9 Å². The minimum Gasteiger partial charge on any atom is -0.375 e. The normalized spacial score (nSPS) is 18.9. The lowest BCUT2D eigenvalue weighted by atomic mass is 9.98. The molecule has 0 bridgehead atoms. The Morgan fingerprint density at radius 1 is 1.65 bits per heavy atom. The standard InChI is InChI=1S/C10H14N4O2S/c1-10(2)8(16)12-3-4-14(10)7(15)6-5-17-9(11)13-6/h5H,3-4H2,1-2H3,(H2,11,13)(H,12,16). The van der Waals surface area contributed by atoms with Crippen molar-refractivity contribution < 1.29 is 9.59 Å². The van der Waals surface area contributed by atoms with E-state index in [9.17, 15) is 9.59 Å². The molecule has 2 amide bonds. The van der Waals surface area contributed by atoms with Crippen LogP contribution in [0.1, 0.15) is 24.3 Å². The van der Waals surface area contributed by atoms with E-state index in [2.05, 4.69) is 10.3 Å². The van der Waals surface area contributed by atoms with E-state index in [-0.39, 0.29) is 11.8 Å². The van der Waals surface area contributed by atoms with E-state index >= 15 is 0 Å². The Morgan fingerprint density at radius 2 is 2.35 bits per heavy atom. The summed E-state index contributed by atoms with van der Waals surface area (Å²) in [4.78, 5) is 29.4. The minimum atomic E-state index is -0.853. The van der Waals surface area contributed by atoms with Crippen LogP contribution in [0.25, 0.3) is 0 Å².